The van der Waals surface area contributed by atoms with Crippen molar-refractivity contribution in [2.24, 2.45) is 0 Å². The first-order valence-electron chi connectivity index (χ1n) is 9.54. The molecule has 3 N–H and O–H groups in total. The number of nitrogens with zero attached hydrogens (tertiary/aromatic N) is 3. The third-order valence-corrected chi connectivity index (χ3v) is 5.56. The van der Waals surface area contributed by atoms with Gasteiger partial charge in [0, 0.05) is 57.9 Å². The number of carboxylic acids is 3. The van der Waals surface area contributed by atoms with Crippen LogP contribution in [0.25, 0.3) is 22.6 Å². The topological polar surface area (TPSA) is 178 Å². The fourth-order valence-electron chi connectivity index (χ4n) is 2.71. The zero-order chi connectivity index (χ0) is 26.8. The average Bonchev–Trinajstić information content (AvgIpc) is 2.87. The normalized spacial score (nSPS) is 10.3. The number of aromatic carboxylic acids is 3. The van der Waals surface area contributed by atoms with Crippen LogP contribution in [0, 0.1) is 0 Å². The summed E-state index contributed by atoms with van der Waals surface area (Å²) in [4.78, 5) is 46.4. The fourth-order valence-corrected chi connectivity index (χ4v) is 3.55. The van der Waals surface area contributed by atoms with E-state index in [0.717, 1.165) is 0 Å². The number of pyridine rings is 3. The van der Waals surface area contributed by atoms with Gasteiger partial charge in [-0.1, -0.05) is 23.2 Å². The number of hydrogen-bond donors (Lipinski definition) is 3. The Bertz CT molecular complexity index is 1250. The first-order valence-corrected chi connectivity index (χ1v) is 11.5. The molecule has 0 aliphatic rings. The van der Waals surface area contributed by atoms with Crippen LogP contribution in [-0.2, 0) is 33.0 Å². The van der Waals surface area contributed by atoms with Crippen molar-refractivity contribution in [2.45, 2.75) is 5.02 Å². The Balaban J connectivity index is 0.000000589. The summed E-state index contributed by atoms with van der Waals surface area (Å²) in [5, 5.41) is 27.0. The molecule has 0 aliphatic carbocycles. The Morgan fingerprint density at radius 2 is 1.30 bits per heavy atom. The van der Waals surface area contributed by atoms with Crippen molar-refractivity contribution in [3.63, 3.8) is 0 Å². The number of rotatable bonds is 9. The summed E-state index contributed by atoms with van der Waals surface area (Å²) >= 11 is 10.5. The van der Waals surface area contributed by atoms with E-state index in [2.05, 4.69) is 24.0 Å². The van der Waals surface area contributed by atoms with Gasteiger partial charge >= 0.3 is 26.5 Å². The molecule has 0 aromatic carbocycles. The van der Waals surface area contributed by atoms with E-state index in [-0.39, 0.29) is 58.8 Å². The summed E-state index contributed by atoms with van der Waals surface area (Å²) < 4.78 is 14.0. The van der Waals surface area contributed by atoms with Gasteiger partial charge < -0.3 is 24.4 Å². The van der Waals surface area contributed by atoms with Crippen molar-refractivity contribution in [1.82, 2.24) is 15.0 Å². The predicted octanol–water partition coefficient (Wildman–Crippen LogP) is 4.58. The zero-order valence-electron chi connectivity index (χ0n) is 18.9. The number of hydrogen-bond acceptors (Lipinski definition) is 9. The summed E-state index contributed by atoms with van der Waals surface area (Å²) in [7, 11) is 1.54. The maximum Gasteiger partial charge on any atom is 0.336 e. The van der Waals surface area contributed by atoms with Crippen LogP contribution in [0.3, 0.4) is 0 Å². The maximum absolute atomic E-state index is 11.7. The van der Waals surface area contributed by atoms with Crippen LogP contribution in [0.2, 0.25) is 0 Å². The predicted molar refractivity (Wildman–Crippen MR) is 129 cm³/mol. The molecule has 0 aliphatic heterocycles. The number of halogens is 2. The first-order chi connectivity index (χ1) is 17.1. The minimum Gasteiger partial charge on any atom is -0.478 e. The molecule has 16 heteroatoms. The molecule has 0 amide bonds. The van der Waals surface area contributed by atoms with Gasteiger partial charge in [0.15, 0.2) is 0 Å². The van der Waals surface area contributed by atoms with Gasteiger partial charge in [0.05, 0.1) is 33.8 Å². The number of carbonyl (C=O) groups is 3. The molecule has 0 saturated carbocycles. The summed E-state index contributed by atoms with van der Waals surface area (Å²) in [6.07, 6.45) is 3.75. The van der Waals surface area contributed by atoms with Gasteiger partial charge in [0.25, 0.3) is 0 Å². The molecule has 12 nitrogen and oxygen atoms in total. The van der Waals surface area contributed by atoms with Crippen molar-refractivity contribution in [2.75, 3.05) is 14.2 Å². The molecular formula is C21H18Cl2N3O9PRu. The molecule has 198 valence electrons. The molecule has 0 spiro atoms. The Hall–Kier alpha value is -2.63. The SMILES string of the molecule is COP(OC)OC(Cl)Cl.O=C(O)c1ccnc(-c2nccc(C(=O)O)c2-c2cc(C(=O)O)ccn2)c1.[Ru]. The monoisotopic (exact) mass is 659 g/mol. The molecule has 0 bridgehead atoms. The second kappa shape index (κ2) is 15.6. The quantitative estimate of drug-likeness (QED) is 0.166. The summed E-state index contributed by atoms with van der Waals surface area (Å²) in [6, 6.07) is 6.27. The molecule has 3 aromatic heterocycles. The fraction of sp³-hybridized carbons (Fsp3) is 0.143. The van der Waals surface area contributed by atoms with Crippen LogP contribution in [0.1, 0.15) is 31.1 Å². The van der Waals surface area contributed by atoms with Gasteiger partial charge in [-0.2, -0.15) is 0 Å². The molecule has 0 fully saturated rings. The van der Waals surface area contributed by atoms with Gasteiger partial charge in [-0.05, 0) is 30.3 Å². The standard InChI is InChI=1S/C18H11N3O6.C3H7Cl2O3P.Ru/c22-16(23)9-1-4-19-12(7-9)14-11(18(26)27)3-6-21-15(14)13-8-10(17(24)25)2-5-20-13;1-6-9(7-2)8-3(4)5;/h1-8H,(H,22,23)(H,24,25)(H,26,27);3H,1-2H3;. The molecular weight excluding hydrogens is 641 g/mol. The van der Waals surface area contributed by atoms with Crippen LogP contribution >= 0.6 is 31.8 Å². The Kier molecular flexibility index (Phi) is 13.6. The average molecular weight is 659 g/mol. The van der Waals surface area contributed by atoms with E-state index in [1.807, 2.05) is 0 Å². The molecule has 3 rings (SSSR count). The van der Waals surface area contributed by atoms with Gasteiger partial charge in [-0.3, -0.25) is 19.5 Å². The maximum atomic E-state index is 11.7. The third kappa shape index (κ3) is 9.32. The van der Waals surface area contributed by atoms with Crippen molar-refractivity contribution in [3.05, 3.63) is 65.6 Å². The largest absolute Gasteiger partial charge is 0.478 e. The van der Waals surface area contributed by atoms with Crippen LogP contribution in [0.15, 0.2) is 48.9 Å². The van der Waals surface area contributed by atoms with Crippen LogP contribution in [0.5, 0.6) is 0 Å². The van der Waals surface area contributed by atoms with E-state index in [0.29, 0.717) is 0 Å². The second-order valence-electron chi connectivity index (χ2n) is 6.31. The Morgan fingerprint density at radius 1 is 0.811 bits per heavy atom. The van der Waals surface area contributed by atoms with Crippen molar-refractivity contribution in [1.29, 1.82) is 0 Å². The van der Waals surface area contributed by atoms with Gasteiger partial charge in [-0.15, -0.1) is 0 Å². The third-order valence-electron chi connectivity index (χ3n) is 4.16. The van der Waals surface area contributed by atoms with Gasteiger partial charge in [0.2, 0.25) is 5.02 Å². The van der Waals surface area contributed by atoms with Crippen molar-refractivity contribution in [3.8, 4) is 22.6 Å². The second-order valence-corrected chi connectivity index (χ2v) is 8.72. The number of alkyl halides is 2. The molecule has 0 saturated heterocycles. The van der Waals surface area contributed by atoms with Crippen LogP contribution < -0.4 is 0 Å². The van der Waals surface area contributed by atoms with E-state index in [1.165, 1.54) is 63.1 Å². The molecule has 0 unspecified atom stereocenters. The Labute approximate surface area is 234 Å². The van der Waals surface area contributed by atoms with E-state index in [1.54, 1.807) is 0 Å². The van der Waals surface area contributed by atoms with E-state index in [9.17, 15) is 24.6 Å². The molecule has 0 atom stereocenters. The minimum atomic E-state index is -1.36. The van der Waals surface area contributed by atoms with Gasteiger partial charge in [0.1, 0.15) is 0 Å². The minimum absolute atomic E-state index is 0. The van der Waals surface area contributed by atoms with Crippen molar-refractivity contribution < 1.29 is 62.8 Å². The first kappa shape index (κ1) is 32.4. The number of carboxylic acid groups (broad SMARTS) is 3. The van der Waals surface area contributed by atoms with Gasteiger partial charge in [-0.25, -0.2) is 14.4 Å². The molecule has 3 aromatic rings. The number of aromatic nitrogens is 3. The van der Waals surface area contributed by atoms with Crippen LogP contribution in [-0.4, -0.2) is 67.4 Å². The zero-order valence-corrected chi connectivity index (χ0v) is 23.0. The van der Waals surface area contributed by atoms with E-state index in [4.69, 9.17) is 32.8 Å². The summed E-state index contributed by atoms with van der Waals surface area (Å²) in [5.41, 5.74) is 0.00121. The van der Waals surface area contributed by atoms with Crippen molar-refractivity contribution >= 4 is 49.7 Å². The molecule has 3 heterocycles. The van der Waals surface area contributed by atoms with E-state index < -0.39 is 31.5 Å². The molecule has 37 heavy (non-hydrogen) atoms. The van der Waals surface area contributed by atoms with E-state index >= 15 is 0 Å². The smallest absolute Gasteiger partial charge is 0.336 e. The summed E-state index contributed by atoms with van der Waals surface area (Å²) in [5.74, 6) is -3.65. The van der Waals surface area contributed by atoms with Crippen LogP contribution in [0.4, 0.5) is 0 Å². The Morgan fingerprint density at radius 3 is 1.73 bits per heavy atom. The summed E-state index contributed by atoms with van der Waals surface area (Å²) in [6.45, 7) is 0. The molecule has 0 radical (unpaired) electrons.